The summed E-state index contributed by atoms with van der Waals surface area (Å²) >= 11 is 0. The average molecular weight is 907 g/mol. The van der Waals surface area contributed by atoms with E-state index in [4.69, 9.17) is 23.3 Å². The number of hydrogen-bond acceptors (Lipinski definition) is 9. The molecule has 0 N–H and O–H groups in total. The van der Waals surface area contributed by atoms with Crippen LogP contribution in [-0.4, -0.2) is 43.4 Å². The van der Waals surface area contributed by atoms with Crippen LogP contribution in [0.3, 0.4) is 0 Å². The Kier molecular flexibility index (Phi) is 12.9. The molecular formula is C54H52O9P2. The second kappa shape index (κ2) is 18.6. The first kappa shape index (κ1) is 45.2. The molecule has 9 nitrogen and oxygen atoms in total. The zero-order valence-corrected chi connectivity index (χ0v) is 38.8. The Morgan fingerprint density at radius 1 is 0.569 bits per heavy atom. The number of ether oxygens (including phenoxy) is 3. The van der Waals surface area contributed by atoms with Crippen LogP contribution in [0.15, 0.2) is 170 Å². The summed E-state index contributed by atoms with van der Waals surface area (Å²) in [5.74, 6) is 1.11. The fourth-order valence-corrected chi connectivity index (χ4v) is 13.4. The first-order chi connectivity index (χ1) is 31.1. The third-order valence-corrected chi connectivity index (χ3v) is 17.1. The smallest absolute Gasteiger partial charge is 0.333 e. The van der Waals surface area contributed by atoms with Crippen molar-refractivity contribution in [3.05, 3.63) is 181 Å². The maximum Gasteiger partial charge on any atom is 0.333 e. The monoisotopic (exact) mass is 906 g/mol. The molecule has 2 heterocycles. The fourth-order valence-electron chi connectivity index (χ4n) is 8.32. The van der Waals surface area contributed by atoms with E-state index >= 15 is 0 Å². The Morgan fingerprint density at radius 2 is 1.00 bits per heavy atom. The molecule has 0 bridgehead atoms. The van der Waals surface area contributed by atoms with E-state index in [2.05, 4.69) is 27.0 Å². The molecule has 4 atom stereocenters. The Balaban J connectivity index is 0.932. The van der Waals surface area contributed by atoms with Gasteiger partial charge in [-0.15, -0.1) is 0 Å². The lowest BCUT2D eigenvalue weighted by Gasteiger charge is -2.31. The molecule has 0 saturated heterocycles. The van der Waals surface area contributed by atoms with Crippen LogP contribution in [0.25, 0.3) is 22.3 Å². The number of esters is 1. The molecule has 65 heavy (non-hydrogen) atoms. The highest BCUT2D eigenvalue weighted by Crippen LogP contribution is 2.57. The molecule has 2 aliphatic heterocycles. The average Bonchev–Trinajstić information content (AvgIpc) is 3.30. The lowest BCUT2D eigenvalue weighted by molar-refractivity contribution is -0.144. The van der Waals surface area contributed by atoms with Gasteiger partial charge in [-0.1, -0.05) is 124 Å². The summed E-state index contributed by atoms with van der Waals surface area (Å²) in [6.45, 7) is 15.2. The lowest BCUT2D eigenvalue weighted by atomic mass is 9.78. The van der Waals surface area contributed by atoms with Gasteiger partial charge in [-0.3, -0.25) is 13.9 Å². The number of ketones is 1. The summed E-state index contributed by atoms with van der Waals surface area (Å²) in [7, 11) is -6.97. The molecule has 6 aromatic rings. The number of fused-ring (bicyclic) bond motifs is 6. The van der Waals surface area contributed by atoms with Gasteiger partial charge in [0, 0.05) is 40.6 Å². The van der Waals surface area contributed by atoms with Crippen LogP contribution in [0.1, 0.15) is 45.2 Å². The number of para-hydroxylation sites is 2. The van der Waals surface area contributed by atoms with Crippen LogP contribution in [0, 0.1) is 5.92 Å². The topological polar surface area (TPSA) is 114 Å². The summed E-state index contributed by atoms with van der Waals surface area (Å²) in [5.41, 5.74) is 5.73. The first-order valence-corrected chi connectivity index (χ1v) is 25.2. The second-order valence-electron chi connectivity index (χ2n) is 17.3. The van der Waals surface area contributed by atoms with Gasteiger partial charge in [0.05, 0.1) is 23.4 Å². The van der Waals surface area contributed by atoms with E-state index in [1.54, 1.807) is 26.0 Å². The number of benzene rings is 6. The van der Waals surface area contributed by atoms with Gasteiger partial charge >= 0.3 is 5.97 Å². The summed E-state index contributed by atoms with van der Waals surface area (Å²) in [6.07, 6.45) is -0.744. The molecule has 6 aromatic carbocycles. The fraction of sp³-hybridized carbons (Fsp3) is 0.222. The summed E-state index contributed by atoms with van der Waals surface area (Å²) in [5, 5.41) is 1.22. The third-order valence-electron chi connectivity index (χ3n) is 12.0. The maximum atomic E-state index is 14.7. The molecule has 0 aromatic heterocycles. The van der Waals surface area contributed by atoms with E-state index in [9.17, 15) is 18.7 Å². The van der Waals surface area contributed by atoms with Gasteiger partial charge in [-0.25, -0.2) is 4.79 Å². The Bertz CT molecular complexity index is 2690. The molecular weight excluding hydrogens is 855 g/mol. The van der Waals surface area contributed by atoms with Crippen molar-refractivity contribution >= 4 is 37.1 Å². The second-order valence-corrected chi connectivity index (χ2v) is 22.1. The van der Waals surface area contributed by atoms with E-state index in [0.29, 0.717) is 39.2 Å². The van der Waals surface area contributed by atoms with Crippen molar-refractivity contribution in [2.24, 2.45) is 5.92 Å². The molecule has 0 amide bonds. The number of Topliss-reactive ketones (excluding diaryl/α,β-unsaturated/α-hetero) is 1. The molecule has 11 heteroatoms. The van der Waals surface area contributed by atoms with Crippen molar-refractivity contribution in [2.75, 3.05) is 25.5 Å². The minimum atomic E-state index is -3.55. The Morgan fingerprint density at radius 3 is 1.48 bits per heavy atom. The SMILES string of the molecule is C=C(C)C(=O)CC(COc1ccc(C(C)(C)c2ccc(OCC(CP3(=O)Oc4ccccc4-c4ccccc43)OC(=O)C(=C)C)cc2)cc1)CP1(=O)Oc2ccccc2-c2ccccc21. The van der Waals surface area contributed by atoms with Crippen LogP contribution >= 0.6 is 14.7 Å². The number of allylic oxidation sites excluding steroid dienone is 1. The van der Waals surface area contributed by atoms with E-state index in [1.165, 1.54) is 0 Å². The predicted octanol–water partition coefficient (Wildman–Crippen LogP) is 11.7. The van der Waals surface area contributed by atoms with Crippen molar-refractivity contribution in [3.8, 4) is 45.3 Å². The van der Waals surface area contributed by atoms with Gasteiger partial charge in [0.25, 0.3) is 14.7 Å². The zero-order chi connectivity index (χ0) is 45.9. The minimum absolute atomic E-state index is 0.0611. The van der Waals surface area contributed by atoms with E-state index in [-0.39, 0.29) is 43.3 Å². The van der Waals surface area contributed by atoms with Gasteiger partial charge < -0.3 is 23.3 Å². The standard InChI is InChI=1S/C54H52O9P2/c1-36(2)48(55)31-38(34-64(57)51-21-13-9-17-46(51)44-15-7-11-19-49(44)62-64)32-59-41-27-23-39(24-28-41)54(5,6)40-25-29-42(30-26-40)60-33-43(61-53(56)37(3)4)35-65(58)52-22-14-10-18-47(52)45-16-8-12-20-50(45)63-65/h7-30,38,43H,1,3,31-35H2,2,4-6H3. The zero-order valence-electron chi connectivity index (χ0n) is 37.0. The van der Waals surface area contributed by atoms with Crippen LogP contribution in [-0.2, 0) is 28.9 Å². The van der Waals surface area contributed by atoms with Gasteiger partial charge in [0.1, 0.15) is 35.7 Å². The summed E-state index contributed by atoms with van der Waals surface area (Å²) < 4.78 is 60.2. The highest BCUT2D eigenvalue weighted by Gasteiger charge is 2.41. The third kappa shape index (κ3) is 9.68. The maximum absolute atomic E-state index is 14.7. The van der Waals surface area contributed by atoms with Gasteiger partial charge in [-0.05, 0) is 90.2 Å². The molecule has 4 unspecified atom stereocenters. The molecule has 0 saturated carbocycles. The van der Waals surface area contributed by atoms with Crippen molar-refractivity contribution in [1.82, 2.24) is 0 Å². The Labute approximate surface area is 381 Å². The first-order valence-electron chi connectivity index (χ1n) is 21.6. The Hall–Kier alpha value is -6.40. The largest absolute Gasteiger partial charge is 0.493 e. The lowest BCUT2D eigenvalue weighted by Crippen LogP contribution is -2.33. The van der Waals surface area contributed by atoms with E-state index in [0.717, 1.165) is 33.4 Å². The molecule has 8 rings (SSSR count). The van der Waals surface area contributed by atoms with E-state index in [1.807, 2.05) is 133 Å². The molecule has 332 valence electrons. The molecule has 0 radical (unpaired) electrons. The van der Waals surface area contributed by atoms with Crippen LogP contribution in [0.5, 0.6) is 23.0 Å². The number of rotatable bonds is 17. The highest BCUT2D eigenvalue weighted by atomic mass is 31.2. The minimum Gasteiger partial charge on any atom is -0.493 e. The quantitative estimate of drug-likeness (QED) is 0.0501. The molecule has 0 spiro atoms. The number of carbonyl (C=O) groups is 2. The molecule has 2 aliphatic rings. The normalized spacial score (nSPS) is 17.8. The van der Waals surface area contributed by atoms with E-state index < -0.39 is 38.1 Å². The van der Waals surface area contributed by atoms with Crippen molar-refractivity contribution in [1.29, 1.82) is 0 Å². The summed E-state index contributed by atoms with van der Waals surface area (Å²) in [6, 6.07) is 45.6. The molecule has 0 aliphatic carbocycles. The number of hydrogen-bond donors (Lipinski definition) is 0. The van der Waals surface area contributed by atoms with Crippen molar-refractivity contribution < 1.29 is 42.0 Å². The van der Waals surface area contributed by atoms with Gasteiger partial charge in [0.2, 0.25) is 0 Å². The van der Waals surface area contributed by atoms with Crippen LogP contribution in [0.2, 0.25) is 0 Å². The van der Waals surface area contributed by atoms with Crippen LogP contribution in [0.4, 0.5) is 0 Å². The van der Waals surface area contributed by atoms with Crippen LogP contribution < -0.4 is 29.1 Å². The van der Waals surface area contributed by atoms with Crippen molar-refractivity contribution in [3.63, 3.8) is 0 Å². The number of carbonyl (C=O) groups excluding carboxylic acids is 2. The van der Waals surface area contributed by atoms with Gasteiger partial charge in [-0.2, -0.15) is 0 Å². The molecule has 0 fully saturated rings. The predicted molar refractivity (Wildman–Crippen MR) is 258 cm³/mol. The highest BCUT2D eigenvalue weighted by molar-refractivity contribution is 7.68. The van der Waals surface area contributed by atoms with Gasteiger partial charge in [0.15, 0.2) is 5.78 Å². The summed E-state index contributed by atoms with van der Waals surface area (Å²) in [4.78, 5) is 25.8. The van der Waals surface area contributed by atoms with Crippen molar-refractivity contribution in [2.45, 2.75) is 45.6 Å².